The average Bonchev–Trinajstić information content (AvgIpc) is 2.47. The summed E-state index contributed by atoms with van der Waals surface area (Å²) >= 11 is 0. The maximum absolute atomic E-state index is 12.3. The smallest absolute Gasteiger partial charge is 0.315 e. The third-order valence-corrected chi connectivity index (χ3v) is 5.57. The lowest BCUT2D eigenvalue weighted by Crippen LogP contribution is -2.50. The molecule has 0 spiro atoms. The summed E-state index contributed by atoms with van der Waals surface area (Å²) in [4.78, 5) is 12.3. The van der Waals surface area contributed by atoms with Crippen LogP contribution in [0.3, 0.4) is 0 Å². The maximum atomic E-state index is 12.3. The minimum atomic E-state index is -0.00497. The number of rotatable bonds is 3. The van der Waals surface area contributed by atoms with Crippen LogP contribution in [0.5, 0.6) is 0 Å². The molecule has 2 aliphatic rings. The van der Waals surface area contributed by atoms with Crippen molar-refractivity contribution >= 4 is 6.03 Å². The zero-order chi connectivity index (χ0) is 17.0. The van der Waals surface area contributed by atoms with Gasteiger partial charge in [-0.1, -0.05) is 34.6 Å². The summed E-state index contributed by atoms with van der Waals surface area (Å²) in [5, 5.41) is 6.29. The van der Waals surface area contributed by atoms with E-state index in [1.54, 1.807) is 0 Å². The van der Waals surface area contributed by atoms with Gasteiger partial charge in [0.05, 0.1) is 6.10 Å². The van der Waals surface area contributed by atoms with Crippen molar-refractivity contribution in [1.29, 1.82) is 0 Å². The molecular weight excluding hydrogens is 288 g/mol. The Morgan fingerprint density at radius 1 is 1.17 bits per heavy atom. The number of ether oxygens (including phenoxy) is 1. The highest BCUT2D eigenvalue weighted by Crippen LogP contribution is 2.33. The van der Waals surface area contributed by atoms with Gasteiger partial charge in [-0.05, 0) is 49.4 Å². The second-order valence-corrected chi connectivity index (χ2v) is 8.92. The Morgan fingerprint density at radius 3 is 2.57 bits per heavy atom. The molecule has 1 heterocycles. The van der Waals surface area contributed by atoms with Crippen LogP contribution in [0, 0.1) is 23.2 Å². The van der Waals surface area contributed by atoms with Crippen molar-refractivity contribution < 1.29 is 9.53 Å². The second kappa shape index (κ2) is 7.87. The van der Waals surface area contributed by atoms with Gasteiger partial charge in [0, 0.05) is 25.1 Å². The lowest BCUT2D eigenvalue weighted by molar-refractivity contribution is -0.0838. The van der Waals surface area contributed by atoms with Crippen molar-refractivity contribution in [2.24, 2.45) is 23.2 Å². The van der Waals surface area contributed by atoms with E-state index >= 15 is 0 Å². The monoisotopic (exact) mass is 324 g/mol. The first-order valence-electron chi connectivity index (χ1n) is 9.43. The third kappa shape index (κ3) is 5.37. The van der Waals surface area contributed by atoms with Crippen molar-refractivity contribution in [2.45, 2.75) is 78.9 Å². The summed E-state index contributed by atoms with van der Waals surface area (Å²) in [5.74, 6) is 1.78. The van der Waals surface area contributed by atoms with Gasteiger partial charge in [0.1, 0.15) is 0 Å². The van der Waals surface area contributed by atoms with Gasteiger partial charge in [-0.3, -0.25) is 0 Å². The highest BCUT2D eigenvalue weighted by molar-refractivity contribution is 5.74. The number of carbonyl (C=O) groups is 1. The zero-order valence-corrected chi connectivity index (χ0v) is 15.7. The summed E-state index contributed by atoms with van der Waals surface area (Å²) in [6.45, 7) is 12.8. The predicted octanol–water partition coefficient (Wildman–Crippen LogP) is 3.95. The molecule has 0 radical (unpaired) electrons. The van der Waals surface area contributed by atoms with Gasteiger partial charge >= 0.3 is 6.03 Å². The second-order valence-electron chi connectivity index (χ2n) is 8.92. The molecule has 23 heavy (non-hydrogen) atoms. The lowest BCUT2D eigenvalue weighted by Gasteiger charge is -2.40. The molecule has 1 aliphatic heterocycles. The normalized spacial score (nSPS) is 35.6. The molecule has 0 bridgehead atoms. The Labute approximate surface area is 142 Å². The van der Waals surface area contributed by atoms with Crippen LogP contribution in [-0.4, -0.2) is 31.3 Å². The quantitative estimate of drug-likeness (QED) is 0.826. The van der Waals surface area contributed by atoms with E-state index in [-0.39, 0.29) is 17.6 Å². The lowest BCUT2D eigenvalue weighted by atomic mass is 9.78. The van der Waals surface area contributed by atoms with E-state index in [1.807, 2.05) is 0 Å². The van der Waals surface area contributed by atoms with Crippen molar-refractivity contribution in [3.05, 3.63) is 0 Å². The summed E-state index contributed by atoms with van der Waals surface area (Å²) in [6.07, 6.45) is 6.00. The summed E-state index contributed by atoms with van der Waals surface area (Å²) in [6, 6.07) is 0.321. The van der Waals surface area contributed by atoms with Gasteiger partial charge in [0.25, 0.3) is 0 Å². The first-order chi connectivity index (χ1) is 10.8. The SMILES string of the molecule is C[C@@H]1CC[C@H](NC(=O)NC[C@@H]2CCCO[C@H]2C(C)(C)C)[C@H](C)C1. The highest BCUT2D eigenvalue weighted by Gasteiger charge is 2.35. The summed E-state index contributed by atoms with van der Waals surface area (Å²) in [7, 11) is 0. The Bertz CT molecular complexity index is 391. The van der Waals surface area contributed by atoms with Crippen LogP contribution in [0.25, 0.3) is 0 Å². The molecule has 4 nitrogen and oxygen atoms in total. The zero-order valence-electron chi connectivity index (χ0n) is 15.7. The molecule has 2 N–H and O–H groups in total. The van der Waals surface area contributed by atoms with Gasteiger partial charge < -0.3 is 15.4 Å². The molecule has 1 aliphatic carbocycles. The summed E-state index contributed by atoms with van der Waals surface area (Å²) in [5.41, 5.74) is 0.122. The van der Waals surface area contributed by atoms with Crippen molar-refractivity contribution in [3.8, 4) is 0 Å². The van der Waals surface area contributed by atoms with Gasteiger partial charge in [-0.15, -0.1) is 0 Å². The van der Waals surface area contributed by atoms with E-state index in [4.69, 9.17) is 4.74 Å². The Morgan fingerprint density at radius 2 is 1.91 bits per heavy atom. The van der Waals surface area contributed by atoms with E-state index in [0.29, 0.717) is 24.4 Å². The van der Waals surface area contributed by atoms with Crippen molar-refractivity contribution in [3.63, 3.8) is 0 Å². The first-order valence-corrected chi connectivity index (χ1v) is 9.43. The van der Waals surface area contributed by atoms with Gasteiger partial charge in [0.15, 0.2) is 0 Å². The number of urea groups is 1. The Hall–Kier alpha value is -0.770. The number of hydrogen-bond donors (Lipinski definition) is 2. The van der Waals surface area contributed by atoms with Crippen molar-refractivity contribution in [1.82, 2.24) is 10.6 Å². The molecule has 0 aromatic rings. The topological polar surface area (TPSA) is 50.4 Å². The average molecular weight is 325 g/mol. The number of carbonyl (C=O) groups excluding carboxylic acids is 1. The van der Waals surface area contributed by atoms with Crippen molar-refractivity contribution in [2.75, 3.05) is 13.2 Å². The van der Waals surface area contributed by atoms with E-state index in [0.717, 1.165) is 31.8 Å². The first kappa shape index (κ1) is 18.6. The van der Waals surface area contributed by atoms with Crippen LogP contribution in [0.15, 0.2) is 0 Å². The minimum absolute atomic E-state index is 0.00497. The maximum Gasteiger partial charge on any atom is 0.315 e. The predicted molar refractivity (Wildman–Crippen MR) is 94.4 cm³/mol. The van der Waals surface area contributed by atoms with Gasteiger partial charge in [0.2, 0.25) is 0 Å². The molecule has 4 heteroatoms. The van der Waals surface area contributed by atoms with Gasteiger partial charge in [-0.2, -0.15) is 0 Å². The Balaban J connectivity index is 1.79. The molecule has 5 atom stereocenters. The molecule has 2 rings (SSSR count). The van der Waals surface area contributed by atoms with Crippen LogP contribution >= 0.6 is 0 Å². The third-order valence-electron chi connectivity index (χ3n) is 5.57. The van der Waals surface area contributed by atoms with E-state index in [9.17, 15) is 4.79 Å². The van der Waals surface area contributed by atoms with Crippen LogP contribution in [0.4, 0.5) is 4.79 Å². The van der Waals surface area contributed by atoms with Crippen LogP contribution in [0.2, 0.25) is 0 Å². The largest absolute Gasteiger partial charge is 0.377 e. The van der Waals surface area contributed by atoms with Crippen LogP contribution in [0.1, 0.15) is 66.7 Å². The summed E-state index contributed by atoms with van der Waals surface area (Å²) < 4.78 is 5.99. The number of nitrogens with one attached hydrogen (secondary N) is 2. The molecule has 1 saturated carbocycles. The molecule has 1 saturated heterocycles. The van der Waals surface area contributed by atoms with E-state index < -0.39 is 0 Å². The van der Waals surface area contributed by atoms with E-state index in [2.05, 4.69) is 45.3 Å². The molecular formula is C19H36N2O2. The standard InChI is InChI=1S/C19H36N2O2/c1-13-8-9-16(14(2)11-13)21-18(22)20-12-15-7-6-10-23-17(15)19(3,4)5/h13-17H,6-12H2,1-5H3,(H2,20,21,22)/t13-,14-,15+,16+,17-/m1/s1. The number of amides is 2. The fourth-order valence-corrected chi connectivity index (χ4v) is 4.33. The molecule has 0 aromatic carbocycles. The number of hydrogen-bond acceptors (Lipinski definition) is 2. The molecule has 134 valence electrons. The van der Waals surface area contributed by atoms with Gasteiger partial charge in [-0.25, -0.2) is 4.79 Å². The molecule has 2 amide bonds. The fourth-order valence-electron chi connectivity index (χ4n) is 4.33. The fraction of sp³-hybridized carbons (Fsp3) is 0.947. The van der Waals surface area contributed by atoms with E-state index in [1.165, 1.54) is 12.8 Å². The Kier molecular flexibility index (Phi) is 6.35. The molecule has 0 aromatic heterocycles. The highest BCUT2D eigenvalue weighted by atomic mass is 16.5. The molecule has 2 fully saturated rings. The molecule has 0 unspecified atom stereocenters. The van der Waals surface area contributed by atoms with Crippen LogP contribution in [-0.2, 0) is 4.74 Å². The minimum Gasteiger partial charge on any atom is -0.377 e. The van der Waals surface area contributed by atoms with Crippen LogP contribution < -0.4 is 10.6 Å².